The summed E-state index contributed by atoms with van der Waals surface area (Å²) in [5.74, 6) is 0. The maximum absolute atomic E-state index is 10.1. The highest BCUT2D eigenvalue weighted by Gasteiger charge is 2.17. The molecule has 92 valence electrons. The van der Waals surface area contributed by atoms with Crippen molar-refractivity contribution in [2.75, 3.05) is 6.61 Å². The van der Waals surface area contributed by atoms with Gasteiger partial charge in [-0.05, 0) is 6.42 Å². The number of carbonyl (C=O) groups is 3. The van der Waals surface area contributed by atoms with E-state index in [4.69, 9.17) is 15.3 Å². The first kappa shape index (κ1) is 13.8. The van der Waals surface area contributed by atoms with Gasteiger partial charge in [0.25, 0.3) is 6.29 Å². The Morgan fingerprint density at radius 2 is 1.44 bits per heavy atom. The van der Waals surface area contributed by atoms with Gasteiger partial charge in [-0.1, -0.05) is 0 Å². The van der Waals surface area contributed by atoms with Crippen LogP contribution in [0.2, 0.25) is 0 Å². The van der Waals surface area contributed by atoms with Gasteiger partial charge in [-0.3, -0.25) is 0 Å². The standard InChI is InChI=1S/C7H10O9/c8-5(9)14-3-1-2-4(15-6(10)11)16-7(12)13/h4H,1-3H2,(H,8,9)(H,10,11)(H,12,13). The van der Waals surface area contributed by atoms with Gasteiger partial charge in [-0.2, -0.15) is 0 Å². The van der Waals surface area contributed by atoms with Gasteiger partial charge in [0.2, 0.25) is 0 Å². The maximum atomic E-state index is 10.1. The fourth-order valence-electron chi connectivity index (χ4n) is 0.776. The molecule has 0 saturated heterocycles. The third-order valence-corrected chi connectivity index (χ3v) is 1.27. The van der Waals surface area contributed by atoms with Crippen molar-refractivity contribution >= 4 is 18.5 Å². The van der Waals surface area contributed by atoms with Crippen LogP contribution in [0.4, 0.5) is 14.4 Å². The van der Waals surface area contributed by atoms with Crippen LogP contribution in [0.15, 0.2) is 0 Å². The molecule has 0 rings (SSSR count). The molecule has 9 heteroatoms. The monoisotopic (exact) mass is 238 g/mol. The zero-order valence-corrected chi connectivity index (χ0v) is 7.99. The third kappa shape index (κ3) is 8.41. The first-order chi connectivity index (χ1) is 7.41. The van der Waals surface area contributed by atoms with Crippen molar-refractivity contribution in [3.05, 3.63) is 0 Å². The average molecular weight is 238 g/mol. The van der Waals surface area contributed by atoms with E-state index in [0.29, 0.717) is 0 Å². The number of hydrogen-bond donors (Lipinski definition) is 3. The van der Waals surface area contributed by atoms with Crippen LogP contribution >= 0.6 is 0 Å². The summed E-state index contributed by atoms with van der Waals surface area (Å²) in [7, 11) is 0. The molecule has 0 saturated carbocycles. The molecule has 0 aromatic rings. The fourth-order valence-corrected chi connectivity index (χ4v) is 0.776. The van der Waals surface area contributed by atoms with E-state index >= 15 is 0 Å². The molecule has 0 aromatic heterocycles. The lowest BCUT2D eigenvalue weighted by Crippen LogP contribution is -2.23. The molecule has 0 aliphatic carbocycles. The van der Waals surface area contributed by atoms with Crippen LogP contribution in [0.1, 0.15) is 12.8 Å². The minimum absolute atomic E-state index is 0.0670. The summed E-state index contributed by atoms with van der Waals surface area (Å²) < 4.78 is 12.3. The summed E-state index contributed by atoms with van der Waals surface area (Å²) >= 11 is 0. The summed E-state index contributed by atoms with van der Waals surface area (Å²) in [6.07, 6.45) is -6.42. The molecule has 0 radical (unpaired) electrons. The number of ether oxygens (including phenoxy) is 3. The Kier molecular flexibility index (Phi) is 6.17. The minimum Gasteiger partial charge on any atom is -0.450 e. The molecule has 0 atom stereocenters. The zero-order valence-electron chi connectivity index (χ0n) is 7.99. The molecular weight excluding hydrogens is 228 g/mol. The Bertz CT molecular complexity index is 245. The van der Waals surface area contributed by atoms with Crippen molar-refractivity contribution in [1.29, 1.82) is 0 Å². The highest BCUT2D eigenvalue weighted by atomic mass is 16.8. The second-order valence-electron chi connectivity index (χ2n) is 2.45. The summed E-state index contributed by atoms with van der Waals surface area (Å²) in [5, 5.41) is 24.5. The van der Waals surface area contributed by atoms with E-state index in [-0.39, 0.29) is 19.4 Å². The molecule has 0 heterocycles. The van der Waals surface area contributed by atoms with Gasteiger partial charge in [0.1, 0.15) is 0 Å². The molecule has 0 aliphatic rings. The normalized spacial score (nSPS) is 9.56. The van der Waals surface area contributed by atoms with E-state index in [1.54, 1.807) is 0 Å². The second-order valence-corrected chi connectivity index (χ2v) is 2.45. The fraction of sp³-hybridized carbons (Fsp3) is 0.571. The van der Waals surface area contributed by atoms with Crippen LogP contribution in [0.25, 0.3) is 0 Å². The van der Waals surface area contributed by atoms with Gasteiger partial charge in [-0.25, -0.2) is 14.4 Å². The molecule has 16 heavy (non-hydrogen) atoms. The Labute approximate surface area is 89.1 Å². The molecule has 0 spiro atoms. The van der Waals surface area contributed by atoms with Crippen molar-refractivity contribution in [3.63, 3.8) is 0 Å². The molecule has 0 fully saturated rings. The molecular formula is C7H10O9. The van der Waals surface area contributed by atoms with Gasteiger partial charge in [-0.15, -0.1) is 0 Å². The smallest absolute Gasteiger partial charge is 0.450 e. The molecule has 0 unspecified atom stereocenters. The Morgan fingerprint density at radius 3 is 1.81 bits per heavy atom. The van der Waals surface area contributed by atoms with E-state index in [1.165, 1.54) is 0 Å². The molecule has 0 amide bonds. The third-order valence-electron chi connectivity index (χ3n) is 1.27. The van der Waals surface area contributed by atoms with Crippen LogP contribution in [0.5, 0.6) is 0 Å². The lowest BCUT2D eigenvalue weighted by Gasteiger charge is -2.13. The molecule has 0 aliphatic heterocycles. The quantitative estimate of drug-likeness (QED) is 0.353. The lowest BCUT2D eigenvalue weighted by molar-refractivity contribution is -0.0964. The van der Waals surface area contributed by atoms with Crippen molar-refractivity contribution in [3.8, 4) is 0 Å². The van der Waals surface area contributed by atoms with E-state index < -0.39 is 24.8 Å². The Hall–Kier alpha value is -2.19. The summed E-state index contributed by atoms with van der Waals surface area (Å²) in [6.45, 7) is -0.211. The average Bonchev–Trinajstić information content (AvgIpc) is 2.09. The first-order valence-electron chi connectivity index (χ1n) is 4.06. The van der Waals surface area contributed by atoms with E-state index in [0.717, 1.165) is 0 Å². The zero-order chi connectivity index (χ0) is 12.6. The van der Waals surface area contributed by atoms with Gasteiger partial charge in [0.15, 0.2) is 0 Å². The molecule has 3 N–H and O–H groups in total. The van der Waals surface area contributed by atoms with Crippen LogP contribution in [0, 0.1) is 0 Å². The van der Waals surface area contributed by atoms with E-state index in [9.17, 15) is 14.4 Å². The van der Waals surface area contributed by atoms with E-state index in [2.05, 4.69) is 14.2 Å². The number of hydrogen-bond acceptors (Lipinski definition) is 6. The van der Waals surface area contributed by atoms with Crippen molar-refractivity contribution in [1.82, 2.24) is 0 Å². The maximum Gasteiger partial charge on any atom is 0.508 e. The highest BCUT2D eigenvalue weighted by molar-refractivity contribution is 5.59. The minimum atomic E-state index is -1.69. The Morgan fingerprint density at radius 1 is 0.938 bits per heavy atom. The van der Waals surface area contributed by atoms with Crippen molar-refractivity contribution in [2.24, 2.45) is 0 Å². The largest absolute Gasteiger partial charge is 0.508 e. The van der Waals surface area contributed by atoms with Gasteiger partial charge in [0.05, 0.1) is 6.61 Å². The van der Waals surface area contributed by atoms with Crippen LogP contribution in [0.3, 0.4) is 0 Å². The number of carboxylic acid groups (broad SMARTS) is 3. The van der Waals surface area contributed by atoms with Crippen molar-refractivity contribution in [2.45, 2.75) is 19.1 Å². The van der Waals surface area contributed by atoms with Gasteiger partial charge >= 0.3 is 18.5 Å². The summed E-state index contributed by atoms with van der Waals surface area (Å²) in [4.78, 5) is 30.1. The SMILES string of the molecule is O=C(O)OCCCC(OC(=O)O)OC(=O)O. The molecule has 0 aromatic carbocycles. The highest BCUT2D eigenvalue weighted by Crippen LogP contribution is 2.05. The first-order valence-corrected chi connectivity index (χ1v) is 4.06. The second kappa shape index (κ2) is 7.15. The van der Waals surface area contributed by atoms with Crippen LogP contribution in [-0.2, 0) is 14.2 Å². The van der Waals surface area contributed by atoms with Crippen LogP contribution < -0.4 is 0 Å². The Balaban J connectivity index is 3.86. The van der Waals surface area contributed by atoms with Crippen LogP contribution in [-0.4, -0.2) is 46.7 Å². The predicted octanol–water partition coefficient (Wildman–Crippen LogP) is 1.18. The van der Waals surface area contributed by atoms with Gasteiger partial charge in [0, 0.05) is 6.42 Å². The summed E-state index contributed by atoms with van der Waals surface area (Å²) in [5.41, 5.74) is 0. The van der Waals surface area contributed by atoms with Gasteiger partial charge < -0.3 is 29.5 Å². The predicted molar refractivity (Wildman–Crippen MR) is 45.2 cm³/mol. The number of rotatable bonds is 6. The van der Waals surface area contributed by atoms with Crippen molar-refractivity contribution < 1.29 is 43.9 Å². The topological polar surface area (TPSA) is 140 Å². The van der Waals surface area contributed by atoms with E-state index in [1.807, 2.05) is 0 Å². The summed E-state index contributed by atoms with van der Waals surface area (Å²) in [6, 6.07) is 0. The molecule has 0 bridgehead atoms. The molecule has 9 nitrogen and oxygen atoms in total. The lowest BCUT2D eigenvalue weighted by atomic mass is 10.3.